The van der Waals surface area contributed by atoms with Crippen molar-refractivity contribution in [2.75, 3.05) is 0 Å². The SMILES string of the molecule is O=C1OC(c2ccccc2)c2[nH]cnc21. The Labute approximate surface area is 85.9 Å². The molecule has 0 fully saturated rings. The maximum atomic E-state index is 11.4. The van der Waals surface area contributed by atoms with E-state index in [-0.39, 0.29) is 12.1 Å². The van der Waals surface area contributed by atoms with Gasteiger partial charge in [-0.15, -0.1) is 0 Å². The Kier molecular flexibility index (Phi) is 1.62. The van der Waals surface area contributed by atoms with E-state index in [9.17, 15) is 4.79 Å². The second kappa shape index (κ2) is 2.95. The van der Waals surface area contributed by atoms with E-state index >= 15 is 0 Å². The molecule has 1 aliphatic heterocycles. The van der Waals surface area contributed by atoms with E-state index in [2.05, 4.69) is 9.97 Å². The minimum Gasteiger partial charge on any atom is -0.446 e. The van der Waals surface area contributed by atoms with Crippen LogP contribution in [-0.4, -0.2) is 15.9 Å². The highest BCUT2D eigenvalue weighted by atomic mass is 16.5. The number of carbonyl (C=O) groups excluding carboxylic acids is 1. The average Bonchev–Trinajstić information content (AvgIpc) is 2.84. The van der Waals surface area contributed by atoms with Gasteiger partial charge in [0, 0.05) is 0 Å². The van der Waals surface area contributed by atoms with Crippen molar-refractivity contribution in [2.24, 2.45) is 0 Å². The van der Waals surface area contributed by atoms with E-state index in [1.54, 1.807) is 0 Å². The van der Waals surface area contributed by atoms with Crippen LogP contribution in [0.15, 0.2) is 36.7 Å². The summed E-state index contributed by atoms with van der Waals surface area (Å²) in [6.07, 6.45) is 1.18. The molecule has 0 bridgehead atoms. The Hall–Kier alpha value is -2.10. The van der Waals surface area contributed by atoms with Crippen molar-refractivity contribution in [3.8, 4) is 0 Å². The van der Waals surface area contributed by atoms with Gasteiger partial charge in [-0.25, -0.2) is 9.78 Å². The van der Waals surface area contributed by atoms with E-state index in [1.165, 1.54) is 6.33 Å². The fourth-order valence-electron chi connectivity index (χ4n) is 1.75. The molecule has 0 aliphatic carbocycles. The van der Waals surface area contributed by atoms with Gasteiger partial charge in [0.2, 0.25) is 0 Å². The molecule has 2 aromatic rings. The molecule has 1 unspecified atom stereocenters. The van der Waals surface area contributed by atoms with Crippen molar-refractivity contribution in [1.29, 1.82) is 0 Å². The molecule has 1 aromatic carbocycles. The van der Waals surface area contributed by atoms with Crippen molar-refractivity contribution in [3.05, 3.63) is 53.6 Å². The van der Waals surface area contributed by atoms with E-state index in [4.69, 9.17) is 4.74 Å². The topological polar surface area (TPSA) is 55.0 Å². The molecule has 74 valence electrons. The minimum absolute atomic E-state index is 0.337. The molecule has 1 atom stereocenters. The lowest BCUT2D eigenvalue weighted by molar-refractivity contribution is 0.0446. The van der Waals surface area contributed by atoms with E-state index in [0.717, 1.165) is 11.3 Å². The Balaban J connectivity index is 2.09. The normalized spacial score (nSPS) is 18.7. The number of nitrogens with one attached hydrogen (secondary N) is 1. The Morgan fingerprint density at radius 1 is 1.27 bits per heavy atom. The standard InChI is InChI=1S/C11H8N2O2/c14-11-9-8(12-6-13-9)10(15-11)7-4-2-1-3-5-7/h1-6,10H,(H,12,13). The molecule has 1 aliphatic rings. The number of rotatable bonds is 1. The fraction of sp³-hybridized carbons (Fsp3) is 0.0909. The first kappa shape index (κ1) is 8.23. The van der Waals surface area contributed by atoms with Crippen LogP contribution >= 0.6 is 0 Å². The summed E-state index contributed by atoms with van der Waals surface area (Å²) in [4.78, 5) is 18.3. The molecule has 0 spiro atoms. The first-order valence-corrected chi connectivity index (χ1v) is 4.65. The summed E-state index contributed by atoms with van der Waals surface area (Å²) in [6.45, 7) is 0. The molecule has 0 amide bonds. The van der Waals surface area contributed by atoms with Gasteiger partial charge in [-0.3, -0.25) is 0 Å². The van der Waals surface area contributed by atoms with Crippen molar-refractivity contribution in [2.45, 2.75) is 6.10 Å². The zero-order valence-corrected chi connectivity index (χ0v) is 7.81. The molecule has 0 saturated carbocycles. The quantitative estimate of drug-likeness (QED) is 0.712. The fourth-order valence-corrected chi connectivity index (χ4v) is 1.75. The maximum absolute atomic E-state index is 11.4. The number of benzene rings is 1. The van der Waals surface area contributed by atoms with Crippen LogP contribution in [0.3, 0.4) is 0 Å². The minimum atomic E-state index is -0.361. The zero-order chi connectivity index (χ0) is 10.3. The third kappa shape index (κ3) is 1.15. The Bertz CT molecular complexity index is 504. The van der Waals surface area contributed by atoms with Gasteiger partial charge < -0.3 is 9.72 Å². The van der Waals surface area contributed by atoms with Crippen LogP contribution in [0.2, 0.25) is 0 Å². The van der Waals surface area contributed by atoms with Gasteiger partial charge in [0.1, 0.15) is 0 Å². The van der Waals surface area contributed by atoms with E-state index in [0.29, 0.717) is 5.69 Å². The second-order valence-corrected chi connectivity index (χ2v) is 3.36. The van der Waals surface area contributed by atoms with E-state index < -0.39 is 0 Å². The molecule has 4 nitrogen and oxygen atoms in total. The van der Waals surface area contributed by atoms with Crippen molar-refractivity contribution in [1.82, 2.24) is 9.97 Å². The number of carbonyl (C=O) groups is 1. The van der Waals surface area contributed by atoms with E-state index in [1.807, 2.05) is 30.3 Å². The molecular formula is C11H8N2O2. The number of ether oxygens (including phenoxy) is 1. The summed E-state index contributed by atoms with van der Waals surface area (Å²) in [5, 5.41) is 0. The van der Waals surface area contributed by atoms with Crippen LogP contribution < -0.4 is 0 Å². The van der Waals surface area contributed by atoms with Crippen molar-refractivity contribution < 1.29 is 9.53 Å². The smallest absolute Gasteiger partial charge is 0.359 e. The molecule has 1 aromatic heterocycles. The number of fused-ring (bicyclic) bond motifs is 1. The van der Waals surface area contributed by atoms with Crippen LogP contribution in [0.25, 0.3) is 0 Å². The lowest BCUT2D eigenvalue weighted by Crippen LogP contribution is -2.01. The highest BCUT2D eigenvalue weighted by Gasteiger charge is 2.34. The first-order valence-electron chi connectivity index (χ1n) is 4.65. The Morgan fingerprint density at radius 2 is 2.07 bits per heavy atom. The number of aromatic nitrogens is 2. The summed E-state index contributed by atoms with van der Waals surface area (Å²) < 4.78 is 5.23. The summed E-state index contributed by atoms with van der Waals surface area (Å²) in [5.41, 5.74) is 2.09. The maximum Gasteiger partial charge on any atom is 0.359 e. The largest absolute Gasteiger partial charge is 0.446 e. The summed E-state index contributed by atoms with van der Waals surface area (Å²) >= 11 is 0. The molecule has 0 radical (unpaired) electrons. The molecule has 1 N–H and O–H groups in total. The average molecular weight is 200 g/mol. The zero-order valence-electron chi connectivity index (χ0n) is 7.81. The molecule has 3 rings (SSSR count). The number of H-pyrrole nitrogens is 1. The van der Waals surface area contributed by atoms with Gasteiger partial charge in [-0.2, -0.15) is 0 Å². The van der Waals surface area contributed by atoms with Crippen molar-refractivity contribution >= 4 is 5.97 Å². The summed E-state index contributed by atoms with van der Waals surface area (Å²) in [6, 6.07) is 9.60. The summed E-state index contributed by atoms with van der Waals surface area (Å²) in [5.74, 6) is -0.361. The van der Waals surface area contributed by atoms with Crippen molar-refractivity contribution in [3.63, 3.8) is 0 Å². The number of esters is 1. The van der Waals surface area contributed by atoms with Crippen LogP contribution in [0.5, 0.6) is 0 Å². The lowest BCUT2D eigenvalue weighted by atomic mass is 10.1. The predicted octanol–water partition coefficient (Wildman–Crippen LogP) is 1.67. The van der Waals surface area contributed by atoms with Crippen LogP contribution in [0, 0.1) is 0 Å². The number of hydrogen-bond donors (Lipinski definition) is 1. The monoisotopic (exact) mass is 200 g/mol. The number of hydrogen-bond acceptors (Lipinski definition) is 3. The second-order valence-electron chi connectivity index (χ2n) is 3.36. The van der Waals surface area contributed by atoms with Crippen LogP contribution in [0.4, 0.5) is 0 Å². The highest BCUT2D eigenvalue weighted by molar-refractivity contribution is 5.91. The molecule has 0 saturated heterocycles. The third-order valence-corrected chi connectivity index (χ3v) is 2.45. The molecular weight excluding hydrogens is 192 g/mol. The molecule has 4 heteroatoms. The Morgan fingerprint density at radius 3 is 2.87 bits per heavy atom. The van der Waals surface area contributed by atoms with Gasteiger partial charge in [0.25, 0.3) is 0 Å². The first-order chi connectivity index (χ1) is 7.36. The van der Waals surface area contributed by atoms with Gasteiger partial charge >= 0.3 is 5.97 Å². The number of nitrogens with zero attached hydrogens (tertiary/aromatic N) is 1. The van der Waals surface area contributed by atoms with Gasteiger partial charge in [-0.1, -0.05) is 30.3 Å². The number of imidazole rings is 1. The predicted molar refractivity (Wildman–Crippen MR) is 52.3 cm³/mol. The van der Waals surface area contributed by atoms with Gasteiger partial charge in [0.05, 0.1) is 12.0 Å². The number of aromatic amines is 1. The molecule has 15 heavy (non-hydrogen) atoms. The lowest BCUT2D eigenvalue weighted by Gasteiger charge is -2.09. The van der Waals surface area contributed by atoms with Gasteiger partial charge in [0.15, 0.2) is 11.8 Å². The van der Waals surface area contributed by atoms with Crippen LogP contribution in [0.1, 0.15) is 27.8 Å². The highest BCUT2D eigenvalue weighted by Crippen LogP contribution is 2.32. The third-order valence-electron chi connectivity index (χ3n) is 2.45. The van der Waals surface area contributed by atoms with Crippen LogP contribution in [-0.2, 0) is 4.74 Å². The molecule has 2 heterocycles. The van der Waals surface area contributed by atoms with Gasteiger partial charge in [-0.05, 0) is 5.56 Å². The number of cyclic esters (lactones) is 1. The summed E-state index contributed by atoms with van der Waals surface area (Å²) in [7, 11) is 0.